The van der Waals surface area contributed by atoms with E-state index in [1.807, 2.05) is 13.1 Å². The van der Waals surface area contributed by atoms with E-state index in [1.54, 1.807) is 30.3 Å². The number of rotatable bonds is 7. The zero-order valence-electron chi connectivity index (χ0n) is 17.9. The van der Waals surface area contributed by atoms with Crippen LogP contribution in [0.25, 0.3) is 0 Å². The molecule has 0 bridgehead atoms. The van der Waals surface area contributed by atoms with Gasteiger partial charge in [0.1, 0.15) is 5.25 Å². The molecule has 0 N–H and O–H groups in total. The van der Waals surface area contributed by atoms with Gasteiger partial charge in [-0.25, -0.2) is 16.8 Å². The summed E-state index contributed by atoms with van der Waals surface area (Å²) >= 11 is 0. The second-order valence-electron chi connectivity index (χ2n) is 8.60. The van der Waals surface area contributed by atoms with E-state index in [4.69, 9.17) is 0 Å². The third-order valence-corrected chi connectivity index (χ3v) is 10.4. The van der Waals surface area contributed by atoms with Gasteiger partial charge in [0, 0.05) is 19.6 Å². The van der Waals surface area contributed by atoms with Crippen molar-refractivity contribution in [2.24, 2.45) is 0 Å². The lowest BCUT2D eigenvalue weighted by Gasteiger charge is -2.29. The molecule has 1 atom stereocenters. The van der Waals surface area contributed by atoms with Gasteiger partial charge in [-0.3, -0.25) is 0 Å². The predicted molar refractivity (Wildman–Crippen MR) is 121 cm³/mol. The van der Waals surface area contributed by atoms with E-state index in [0.29, 0.717) is 12.1 Å². The third-order valence-electron chi connectivity index (χ3n) is 6.32. The van der Waals surface area contributed by atoms with Crippen molar-refractivity contribution in [2.45, 2.75) is 40.8 Å². The van der Waals surface area contributed by atoms with Crippen LogP contribution in [0.5, 0.6) is 0 Å². The monoisotopic (exact) mass is 462 g/mol. The van der Waals surface area contributed by atoms with Gasteiger partial charge < -0.3 is 9.80 Å². The highest BCUT2D eigenvalue weighted by atomic mass is 32.2. The highest BCUT2D eigenvalue weighted by Crippen LogP contribution is 2.43. The molecule has 1 saturated heterocycles. The van der Waals surface area contributed by atoms with Crippen LogP contribution in [0.3, 0.4) is 0 Å². The van der Waals surface area contributed by atoms with Crippen LogP contribution in [0.1, 0.15) is 35.6 Å². The van der Waals surface area contributed by atoms with E-state index in [0.717, 1.165) is 31.7 Å². The number of likely N-dealkylation sites (N-methyl/N-ethyl adjacent to an activating group) is 1. The van der Waals surface area contributed by atoms with Crippen LogP contribution in [-0.2, 0) is 26.2 Å². The van der Waals surface area contributed by atoms with Gasteiger partial charge >= 0.3 is 0 Å². The lowest BCUT2D eigenvalue weighted by molar-refractivity contribution is 0.193. The summed E-state index contributed by atoms with van der Waals surface area (Å²) in [5.41, 5.74) is 1.24. The Balaban J connectivity index is 1.61. The van der Waals surface area contributed by atoms with Gasteiger partial charge in [0.2, 0.25) is 0 Å². The Bertz CT molecular complexity index is 1130. The lowest BCUT2D eigenvalue weighted by Crippen LogP contribution is -2.36. The predicted octanol–water partition coefficient (Wildman–Crippen LogP) is 2.91. The molecule has 0 saturated carbocycles. The summed E-state index contributed by atoms with van der Waals surface area (Å²) in [5, 5.41) is -1.07. The Hall–Kier alpha value is -1.74. The molecule has 0 amide bonds. The Kier molecular flexibility index (Phi) is 6.53. The molecular weight excluding hydrogens is 432 g/mol. The molecule has 1 fully saturated rings. The van der Waals surface area contributed by atoms with Crippen molar-refractivity contribution in [2.75, 3.05) is 39.0 Å². The van der Waals surface area contributed by atoms with Gasteiger partial charge in [-0.2, -0.15) is 0 Å². The maximum absolute atomic E-state index is 13.4. The smallest absolute Gasteiger partial charge is 0.186 e. The number of benzene rings is 2. The third kappa shape index (κ3) is 4.72. The summed E-state index contributed by atoms with van der Waals surface area (Å²) < 4.78 is 52.4. The fourth-order valence-corrected chi connectivity index (χ4v) is 9.04. The summed E-state index contributed by atoms with van der Waals surface area (Å²) in [6.45, 7) is 4.60. The highest BCUT2D eigenvalue weighted by Gasteiger charge is 2.44. The van der Waals surface area contributed by atoms with Crippen LogP contribution in [0.15, 0.2) is 58.3 Å². The van der Waals surface area contributed by atoms with Crippen molar-refractivity contribution in [3.8, 4) is 0 Å². The molecule has 0 spiro atoms. The standard InChI is InChI=1S/C23H30N2O4S2/c1-24(15-16-25-13-6-3-7-14-25)17-19-9-8-12-21-23(19)22(18-30(21,26)27)31(28,29)20-10-4-2-5-11-20/h2,4-5,8-12,22H,3,6-7,13-18H2,1H3. The number of sulfone groups is 2. The van der Waals surface area contributed by atoms with Crippen LogP contribution < -0.4 is 0 Å². The quantitative estimate of drug-likeness (QED) is 0.630. The number of fused-ring (bicyclic) bond motifs is 1. The molecule has 2 aromatic carbocycles. The second-order valence-corrected chi connectivity index (χ2v) is 12.7. The normalized spacial score (nSPS) is 21.3. The SMILES string of the molecule is CN(CCN1CCCCC1)Cc1cccc2c1C(S(=O)(=O)c1ccccc1)CS2(=O)=O. The van der Waals surface area contributed by atoms with Crippen molar-refractivity contribution in [3.05, 3.63) is 59.7 Å². The average Bonchev–Trinajstić information content (AvgIpc) is 3.06. The molecule has 8 heteroatoms. The van der Waals surface area contributed by atoms with E-state index in [1.165, 1.54) is 31.4 Å². The molecule has 31 heavy (non-hydrogen) atoms. The minimum Gasteiger partial charge on any atom is -0.302 e. The van der Waals surface area contributed by atoms with E-state index in [-0.39, 0.29) is 9.79 Å². The van der Waals surface area contributed by atoms with Gasteiger partial charge in [0.15, 0.2) is 19.7 Å². The van der Waals surface area contributed by atoms with E-state index in [9.17, 15) is 16.8 Å². The zero-order chi connectivity index (χ0) is 22.1. The molecule has 1 unspecified atom stereocenters. The molecule has 2 aromatic rings. The van der Waals surface area contributed by atoms with Crippen LogP contribution in [0.2, 0.25) is 0 Å². The van der Waals surface area contributed by atoms with Crippen molar-refractivity contribution in [1.82, 2.24) is 9.80 Å². The number of nitrogens with zero attached hydrogens (tertiary/aromatic N) is 2. The number of likely N-dealkylation sites (tertiary alicyclic amines) is 1. The maximum atomic E-state index is 13.4. The summed E-state index contributed by atoms with van der Waals surface area (Å²) in [6.07, 6.45) is 3.79. The van der Waals surface area contributed by atoms with Crippen LogP contribution in [0, 0.1) is 0 Å². The molecule has 168 valence electrons. The van der Waals surface area contributed by atoms with Gasteiger partial charge in [-0.05, 0) is 62.3 Å². The Morgan fingerprint density at radius 3 is 2.42 bits per heavy atom. The first-order valence-electron chi connectivity index (χ1n) is 10.8. The molecule has 2 aliphatic rings. The first-order valence-corrected chi connectivity index (χ1v) is 14.0. The molecule has 2 aliphatic heterocycles. The molecule has 0 aliphatic carbocycles. The van der Waals surface area contributed by atoms with Gasteiger partial charge in [0.05, 0.1) is 15.5 Å². The van der Waals surface area contributed by atoms with Gasteiger partial charge in [0.25, 0.3) is 0 Å². The Morgan fingerprint density at radius 2 is 1.71 bits per heavy atom. The maximum Gasteiger partial charge on any atom is 0.186 e. The zero-order valence-corrected chi connectivity index (χ0v) is 19.5. The van der Waals surface area contributed by atoms with Gasteiger partial charge in [-0.1, -0.05) is 36.8 Å². The van der Waals surface area contributed by atoms with Crippen LogP contribution in [-0.4, -0.2) is 65.6 Å². The minimum atomic E-state index is -3.82. The molecule has 0 aromatic heterocycles. The molecule has 4 rings (SSSR count). The van der Waals surface area contributed by atoms with Crippen molar-refractivity contribution in [1.29, 1.82) is 0 Å². The fourth-order valence-electron chi connectivity index (χ4n) is 4.62. The molecule has 2 heterocycles. The molecule has 6 nitrogen and oxygen atoms in total. The topological polar surface area (TPSA) is 74.8 Å². The van der Waals surface area contributed by atoms with Crippen molar-refractivity contribution in [3.63, 3.8) is 0 Å². The van der Waals surface area contributed by atoms with Crippen molar-refractivity contribution >= 4 is 19.7 Å². The van der Waals surface area contributed by atoms with Crippen molar-refractivity contribution < 1.29 is 16.8 Å². The number of hydrogen-bond donors (Lipinski definition) is 0. The largest absolute Gasteiger partial charge is 0.302 e. The highest BCUT2D eigenvalue weighted by molar-refractivity contribution is 7.96. The van der Waals surface area contributed by atoms with Crippen LogP contribution >= 0.6 is 0 Å². The fraction of sp³-hybridized carbons (Fsp3) is 0.478. The van der Waals surface area contributed by atoms with E-state index >= 15 is 0 Å². The minimum absolute atomic E-state index is 0.163. The first-order chi connectivity index (χ1) is 14.8. The number of hydrogen-bond acceptors (Lipinski definition) is 6. The second kappa shape index (κ2) is 9.02. The Morgan fingerprint density at radius 1 is 1.00 bits per heavy atom. The van der Waals surface area contributed by atoms with Crippen LogP contribution in [0.4, 0.5) is 0 Å². The van der Waals surface area contributed by atoms with E-state index < -0.39 is 30.7 Å². The summed E-state index contributed by atoms with van der Waals surface area (Å²) in [6, 6.07) is 13.3. The van der Waals surface area contributed by atoms with Gasteiger partial charge in [-0.15, -0.1) is 0 Å². The average molecular weight is 463 g/mol. The molecular formula is C23H30N2O4S2. The number of piperidine rings is 1. The molecule has 0 radical (unpaired) electrons. The lowest BCUT2D eigenvalue weighted by atomic mass is 10.0. The first kappa shape index (κ1) is 22.5. The summed E-state index contributed by atoms with van der Waals surface area (Å²) in [7, 11) is -5.45. The summed E-state index contributed by atoms with van der Waals surface area (Å²) in [5.74, 6) is -0.395. The summed E-state index contributed by atoms with van der Waals surface area (Å²) in [4.78, 5) is 4.94. The Labute approximate surface area is 185 Å². The van der Waals surface area contributed by atoms with E-state index in [2.05, 4.69) is 9.80 Å².